The minimum absolute atomic E-state index is 0. The molecule has 0 aliphatic heterocycles. The molecule has 0 fully saturated rings. The Kier molecular flexibility index (Phi) is 9.23. The normalized spacial score (nSPS) is 10.2. The van der Waals surface area contributed by atoms with Crippen LogP contribution in [-0.2, 0) is 6.54 Å². The van der Waals surface area contributed by atoms with Gasteiger partial charge in [0.25, 0.3) is 0 Å². The predicted molar refractivity (Wildman–Crippen MR) is 153 cm³/mol. The second-order valence-electron chi connectivity index (χ2n) is 7.78. The lowest BCUT2D eigenvalue weighted by atomic mass is 10.2. The number of hydrogen-bond donors (Lipinski definition) is 0. The van der Waals surface area contributed by atoms with Gasteiger partial charge in [0, 0.05) is 18.3 Å². The number of fused-ring (bicyclic) bond motifs is 1. The van der Waals surface area contributed by atoms with Gasteiger partial charge in [0.1, 0.15) is 0 Å². The Morgan fingerprint density at radius 3 is 1.91 bits per heavy atom. The van der Waals surface area contributed by atoms with Crippen molar-refractivity contribution in [3.05, 3.63) is 127 Å². The first-order valence-electron chi connectivity index (χ1n) is 11.2. The summed E-state index contributed by atoms with van der Waals surface area (Å²) < 4.78 is 2.14. The maximum absolute atomic E-state index is 8.74. The Hall–Kier alpha value is -3.18. The highest BCUT2D eigenvalue weighted by Gasteiger charge is 2.17. The Balaban J connectivity index is 0.000000201. The van der Waals surface area contributed by atoms with Crippen LogP contribution >= 0.6 is 24.9 Å². The average Bonchev–Trinajstić information content (AvgIpc) is 3.29. The van der Waals surface area contributed by atoms with Crippen molar-refractivity contribution in [3.8, 4) is 6.07 Å². The monoisotopic (exact) mass is 526 g/mol. The molecule has 0 radical (unpaired) electrons. The van der Waals surface area contributed by atoms with Gasteiger partial charge < -0.3 is 4.57 Å². The summed E-state index contributed by atoms with van der Waals surface area (Å²) in [6.07, 6.45) is 2.05. The van der Waals surface area contributed by atoms with Crippen molar-refractivity contribution in [2.24, 2.45) is 0 Å². The van der Waals surface area contributed by atoms with E-state index in [2.05, 4.69) is 115 Å². The van der Waals surface area contributed by atoms with Gasteiger partial charge in [0.2, 0.25) is 0 Å². The predicted octanol–water partition coefficient (Wildman–Crippen LogP) is 6.86. The Bertz CT molecular complexity index is 1330. The highest BCUT2D eigenvalue weighted by molar-refractivity contribution is 8.93. The van der Waals surface area contributed by atoms with Crippen LogP contribution < -0.4 is 15.9 Å². The van der Waals surface area contributed by atoms with Gasteiger partial charge in [-0.05, 0) is 66.8 Å². The SMILES string of the molecule is Br.CCn1ccc2ccc(C#N)cc21.Cc1ccccc1P(c1ccccc1)c1ccccc1. The fourth-order valence-corrected chi connectivity index (χ4v) is 6.38. The van der Waals surface area contributed by atoms with E-state index in [1.54, 1.807) is 0 Å². The molecule has 0 spiro atoms. The minimum Gasteiger partial charge on any atom is -0.348 e. The standard InChI is InChI=1S/C19H17P.C11H10N2.BrH/c1-16-10-8-9-15-19(16)20(17-11-4-2-5-12-17)18-13-6-3-7-14-18;1-2-13-6-5-10-4-3-9(8-12)7-11(10)13;/h2-15H,1H3;3-7H,2H2,1H3;1H. The van der Waals surface area contributed by atoms with E-state index in [9.17, 15) is 0 Å². The van der Waals surface area contributed by atoms with Gasteiger partial charge in [-0.25, -0.2) is 0 Å². The summed E-state index contributed by atoms with van der Waals surface area (Å²) in [5.74, 6) is 0. The molecule has 170 valence electrons. The summed E-state index contributed by atoms with van der Waals surface area (Å²) in [4.78, 5) is 0. The van der Waals surface area contributed by atoms with E-state index in [-0.39, 0.29) is 17.0 Å². The van der Waals surface area contributed by atoms with Crippen LogP contribution in [0.15, 0.2) is 115 Å². The number of rotatable bonds is 4. The summed E-state index contributed by atoms with van der Waals surface area (Å²) in [6.45, 7) is 5.24. The van der Waals surface area contributed by atoms with E-state index in [4.69, 9.17) is 5.26 Å². The van der Waals surface area contributed by atoms with E-state index in [0.29, 0.717) is 0 Å². The first-order chi connectivity index (χ1) is 16.2. The molecule has 1 heterocycles. The fraction of sp³-hybridized carbons (Fsp3) is 0.100. The van der Waals surface area contributed by atoms with E-state index < -0.39 is 7.92 Å². The van der Waals surface area contributed by atoms with Crippen molar-refractivity contribution in [3.63, 3.8) is 0 Å². The van der Waals surface area contributed by atoms with Gasteiger partial charge in [-0.2, -0.15) is 5.26 Å². The quantitative estimate of drug-likeness (QED) is 0.235. The van der Waals surface area contributed by atoms with Crippen LogP contribution in [0, 0.1) is 18.3 Å². The lowest BCUT2D eigenvalue weighted by Crippen LogP contribution is -2.22. The Morgan fingerprint density at radius 1 is 0.765 bits per heavy atom. The van der Waals surface area contributed by atoms with Crippen molar-refractivity contribution < 1.29 is 0 Å². The van der Waals surface area contributed by atoms with Crippen molar-refractivity contribution in [2.45, 2.75) is 20.4 Å². The molecule has 0 saturated carbocycles. The van der Waals surface area contributed by atoms with Crippen molar-refractivity contribution >= 4 is 51.7 Å². The number of nitriles is 1. The molecular formula is C30H28BrN2P. The lowest BCUT2D eigenvalue weighted by Gasteiger charge is -2.21. The summed E-state index contributed by atoms with van der Waals surface area (Å²) in [7, 11) is -0.467. The molecule has 4 aromatic carbocycles. The van der Waals surface area contributed by atoms with E-state index in [1.807, 2.05) is 24.4 Å². The molecule has 0 saturated heterocycles. The molecule has 0 amide bonds. The van der Waals surface area contributed by atoms with Crippen molar-refractivity contribution in [1.82, 2.24) is 4.57 Å². The molecule has 0 aliphatic rings. The van der Waals surface area contributed by atoms with Gasteiger partial charge in [-0.3, -0.25) is 0 Å². The van der Waals surface area contributed by atoms with Gasteiger partial charge >= 0.3 is 0 Å². The zero-order chi connectivity index (χ0) is 23.0. The maximum Gasteiger partial charge on any atom is 0.0992 e. The average molecular weight is 527 g/mol. The van der Waals surface area contributed by atoms with Crippen LogP contribution in [0.25, 0.3) is 10.9 Å². The number of hydrogen-bond acceptors (Lipinski definition) is 1. The molecule has 34 heavy (non-hydrogen) atoms. The molecular weight excluding hydrogens is 499 g/mol. The maximum atomic E-state index is 8.74. The molecule has 0 aliphatic carbocycles. The molecule has 4 heteroatoms. The van der Waals surface area contributed by atoms with Crippen LogP contribution in [0.4, 0.5) is 0 Å². The van der Waals surface area contributed by atoms with Crippen LogP contribution in [-0.4, -0.2) is 4.57 Å². The fourth-order valence-electron chi connectivity index (χ4n) is 3.92. The number of nitrogens with zero attached hydrogens (tertiary/aromatic N) is 2. The topological polar surface area (TPSA) is 28.7 Å². The summed E-state index contributed by atoms with van der Waals surface area (Å²) >= 11 is 0. The number of aryl methyl sites for hydroxylation is 2. The largest absolute Gasteiger partial charge is 0.348 e. The molecule has 0 atom stereocenters. The van der Waals surface area contributed by atoms with Crippen LogP contribution in [0.1, 0.15) is 18.1 Å². The van der Waals surface area contributed by atoms with Gasteiger partial charge in [0.15, 0.2) is 0 Å². The van der Waals surface area contributed by atoms with Crippen LogP contribution in [0.3, 0.4) is 0 Å². The van der Waals surface area contributed by atoms with E-state index in [0.717, 1.165) is 17.6 Å². The summed E-state index contributed by atoms with van der Waals surface area (Å²) in [6, 6.07) is 40.4. The van der Waals surface area contributed by atoms with Crippen LogP contribution in [0.5, 0.6) is 0 Å². The van der Waals surface area contributed by atoms with E-state index >= 15 is 0 Å². The molecule has 0 bridgehead atoms. The highest BCUT2D eigenvalue weighted by Crippen LogP contribution is 2.33. The summed E-state index contributed by atoms with van der Waals surface area (Å²) in [5.41, 5.74) is 3.23. The molecule has 0 unspecified atom stereocenters. The van der Waals surface area contributed by atoms with Crippen molar-refractivity contribution in [2.75, 3.05) is 0 Å². The third-order valence-corrected chi connectivity index (χ3v) is 8.24. The Morgan fingerprint density at radius 2 is 1.35 bits per heavy atom. The third kappa shape index (κ3) is 5.84. The molecule has 5 aromatic rings. The number of aromatic nitrogens is 1. The molecule has 0 N–H and O–H groups in total. The van der Waals surface area contributed by atoms with Crippen molar-refractivity contribution in [1.29, 1.82) is 5.26 Å². The highest BCUT2D eigenvalue weighted by atomic mass is 79.9. The smallest absolute Gasteiger partial charge is 0.0992 e. The Labute approximate surface area is 214 Å². The van der Waals surface area contributed by atoms with Crippen LogP contribution in [0.2, 0.25) is 0 Å². The van der Waals surface area contributed by atoms with E-state index in [1.165, 1.54) is 26.9 Å². The third-order valence-electron chi connectivity index (χ3n) is 5.63. The zero-order valence-electron chi connectivity index (χ0n) is 19.4. The van der Waals surface area contributed by atoms with Gasteiger partial charge in [-0.15, -0.1) is 17.0 Å². The first-order valence-corrected chi connectivity index (χ1v) is 12.5. The molecule has 2 nitrogen and oxygen atoms in total. The zero-order valence-corrected chi connectivity index (χ0v) is 22.0. The molecule has 1 aromatic heterocycles. The summed E-state index contributed by atoms with van der Waals surface area (Å²) in [5, 5.41) is 14.2. The van der Waals surface area contributed by atoms with Gasteiger partial charge in [0.05, 0.1) is 11.6 Å². The lowest BCUT2D eigenvalue weighted by molar-refractivity contribution is 0.797. The molecule has 5 rings (SSSR count). The first kappa shape index (κ1) is 25.4. The van der Waals surface area contributed by atoms with Gasteiger partial charge in [-0.1, -0.05) is 91.0 Å². The second kappa shape index (κ2) is 12.3. The minimum atomic E-state index is -0.467. The number of benzene rings is 4. The second-order valence-corrected chi connectivity index (χ2v) is 9.97. The number of halogens is 1.